The van der Waals surface area contributed by atoms with Crippen LogP contribution in [-0.2, 0) is 30.3 Å². The van der Waals surface area contributed by atoms with E-state index in [-0.39, 0.29) is 29.3 Å². The Hall–Kier alpha value is -4.55. The Kier molecular flexibility index (Phi) is 9.83. The summed E-state index contributed by atoms with van der Waals surface area (Å²) in [5.41, 5.74) is 11.9. The van der Waals surface area contributed by atoms with Crippen LogP contribution in [0.25, 0.3) is 0 Å². The monoisotopic (exact) mass is 501 g/mol. The van der Waals surface area contributed by atoms with Crippen LogP contribution in [0.5, 0.6) is 0 Å². The number of aromatic nitrogens is 2. The highest BCUT2D eigenvalue weighted by molar-refractivity contribution is 6.32. The van der Waals surface area contributed by atoms with E-state index in [4.69, 9.17) is 21.3 Å². The molecular formula is C23H27N5O8. The summed E-state index contributed by atoms with van der Waals surface area (Å²) in [5.74, 6) is -4.58. The van der Waals surface area contributed by atoms with E-state index in [1.165, 1.54) is 12.1 Å². The molecule has 1 heterocycles. The highest BCUT2D eigenvalue weighted by Crippen LogP contribution is 2.21. The molecule has 36 heavy (non-hydrogen) atoms. The standard InChI is InChI=1S/C23H27N5O8/c1-12(30)36-18(10-9-17(31)22(34)35)26-20(32)14-7-5-13(6-8-14)15(11-29)3-2-4-16-19(24)27-23(25)28-21(16)33/h5-8,11,15,18H,2-4,9-10H2,1H3,(H,26,32)(H,34,35)(H5,24,25,27,28,33). The second-order valence-corrected chi connectivity index (χ2v) is 7.91. The molecular weight excluding hydrogens is 474 g/mol. The molecule has 2 aromatic rings. The molecule has 13 heteroatoms. The minimum Gasteiger partial charge on any atom is -0.476 e. The number of amides is 1. The molecule has 1 aromatic heterocycles. The number of aliphatic carboxylic acids is 1. The molecule has 0 aliphatic heterocycles. The summed E-state index contributed by atoms with van der Waals surface area (Å²) < 4.78 is 4.95. The Morgan fingerprint density at radius 2 is 1.83 bits per heavy atom. The number of carboxylic acids is 1. The SMILES string of the molecule is CC(=O)OC(CCC(=O)C(=O)O)NC(=O)c1ccc(C(C=O)CCCc2c(N)nc(N)[nH]c2=O)cc1. The number of aldehydes is 1. The van der Waals surface area contributed by atoms with Crippen molar-refractivity contribution in [2.45, 2.75) is 51.2 Å². The number of anilines is 2. The van der Waals surface area contributed by atoms with Gasteiger partial charge >= 0.3 is 11.9 Å². The van der Waals surface area contributed by atoms with Crippen molar-refractivity contribution in [2.75, 3.05) is 11.5 Å². The molecule has 0 radical (unpaired) electrons. The second-order valence-electron chi connectivity index (χ2n) is 7.91. The molecule has 0 saturated heterocycles. The maximum atomic E-state index is 12.6. The molecule has 0 aliphatic carbocycles. The van der Waals surface area contributed by atoms with Crippen molar-refractivity contribution in [1.29, 1.82) is 0 Å². The summed E-state index contributed by atoms with van der Waals surface area (Å²) in [7, 11) is 0. The molecule has 2 unspecified atom stereocenters. The molecule has 0 aliphatic rings. The van der Waals surface area contributed by atoms with Crippen LogP contribution in [0, 0.1) is 0 Å². The van der Waals surface area contributed by atoms with Gasteiger partial charge in [0.15, 0.2) is 6.23 Å². The van der Waals surface area contributed by atoms with Crippen LogP contribution in [-0.4, -0.2) is 51.2 Å². The average molecular weight is 501 g/mol. The molecule has 0 fully saturated rings. The second kappa shape index (κ2) is 12.8. The van der Waals surface area contributed by atoms with Crippen molar-refractivity contribution in [1.82, 2.24) is 15.3 Å². The number of carboxylic acid groups (broad SMARTS) is 1. The first-order chi connectivity index (χ1) is 17.0. The summed E-state index contributed by atoms with van der Waals surface area (Å²) in [4.78, 5) is 75.7. The van der Waals surface area contributed by atoms with Gasteiger partial charge in [-0.15, -0.1) is 0 Å². The molecule has 0 bridgehead atoms. The Bertz CT molecular complexity index is 1190. The van der Waals surface area contributed by atoms with Gasteiger partial charge in [0.2, 0.25) is 11.7 Å². The lowest BCUT2D eigenvalue weighted by Gasteiger charge is -2.18. The summed E-state index contributed by atoms with van der Waals surface area (Å²) in [6.07, 6.45) is 0.0879. The third-order valence-corrected chi connectivity index (χ3v) is 5.25. The molecule has 0 spiro atoms. The van der Waals surface area contributed by atoms with Crippen molar-refractivity contribution in [3.8, 4) is 0 Å². The topological polar surface area (TPSA) is 225 Å². The quantitative estimate of drug-likeness (QED) is 0.108. The number of rotatable bonds is 13. The molecule has 7 N–H and O–H groups in total. The van der Waals surface area contributed by atoms with Gasteiger partial charge in [-0.25, -0.2) is 4.79 Å². The van der Waals surface area contributed by atoms with Crippen LogP contribution in [0.1, 0.15) is 60.0 Å². The predicted octanol–water partition coefficient (Wildman–Crippen LogP) is 0.293. The zero-order valence-corrected chi connectivity index (χ0v) is 19.5. The molecule has 2 rings (SSSR count). The first kappa shape index (κ1) is 27.7. The summed E-state index contributed by atoms with van der Waals surface area (Å²) >= 11 is 0. The van der Waals surface area contributed by atoms with Crippen molar-refractivity contribution in [2.24, 2.45) is 0 Å². The fraction of sp³-hybridized carbons (Fsp3) is 0.348. The third kappa shape index (κ3) is 8.04. The lowest BCUT2D eigenvalue weighted by molar-refractivity contribution is -0.151. The fourth-order valence-corrected chi connectivity index (χ4v) is 3.43. The van der Waals surface area contributed by atoms with E-state index in [1.54, 1.807) is 12.1 Å². The molecule has 192 valence electrons. The van der Waals surface area contributed by atoms with Crippen molar-refractivity contribution in [3.05, 3.63) is 51.3 Å². The molecule has 1 amide bonds. The number of hydrogen-bond donors (Lipinski definition) is 5. The zero-order chi connectivity index (χ0) is 26.8. The van der Waals surface area contributed by atoms with E-state index in [1.807, 2.05) is 0 Å². The van der Waals surface area contributed by atoms with Gasteiger partial charge in [0.1, 0.15) is 12.1 Å². The summed E-state index contributed by atoms with van der Waals surface area (Å²) in [6.45, 7) is 1.11. The van der Waals surface area contributed by atoms with E-state index in [0.29, 0.717) is 24.8 Å². The number of nitrogen functional groups attached to an aromatic ring is 2. The van der Waals surface area contributed by atoms with Crippen LogP contribution in [0.15, 0.2) is 29.1 Å². The predicted molar refractivity (Wildman–Crippen MR) is 127 cm³/mol. The highest BCUT2D eigenvalue weighted by atomic mass is 16.6. The van der Waals surface area contributed by atoms with Crippen LogP contribution in [0.2, 0.25) is 0 Å². The number of nitrogens with one attached hydrogen (secondary N) is 2. The third-order valence-electron chi connectivity index (χ3n) is 5.25. The number of ether oxygens (including phenoxy) is 1. The Labute approximate surface area is 205 Å². The number of aromatic amines is 1. The lowest BCUT2D eigenvalue weighted by atomic mass is 9.93. The van der Waals surface area contributed by atoms with Gasteiger partial charge in [0, 0.05) is 31.2 Å². The van der Waals surface area contributed by atoms with Crippen LogP contribution in [0.4, 0.5) is 11.8 Å². The van der Waals surface area contributed by atoms with E-state index >= 15 is 0 Å². The van der Waals surface area contributed by atoms with E-state index < -0.39 is 47.8 Å². The van der Waals surface area contributed by atoms with Crippen molar-refractivity contribution < 1.29 is 33.8 Å². The number of carbonyl (C=O) groups excluding carboxylic acids is 4. The van der Waals surface area contributed by atoms with Gasteiger partial charge in [-0.2, -0.15) is 4.98 Å². The van der Waals surface area contributed by atoms with Crippen molar-refractivity contribution >= 4 is 41.7 Å². The molecule has 0 saturated carbocycles. The van der Waals surface area contributed by atoms with E-state index in [2.05, 4.69) is 15.3 Å². The minimum absolute atomic E-state index is 0.0358. The van der Waals surface area contributed by atoms with Crippen LogP contribution >= 0.6 is 0 Å². The van der Waals surface area contributed by atoms with Gasteiger partial charge in [0.05, 0.1) is 5.56 Å². The normalized spacial score (nSPS) is 12.2. The van der Waals surface area contributed by atoms with Crippen LogP contribution < -0.4 is 22.3 Å². The molecule has 2 atom stereocenters. The zero-order valence-electron chi connectivity index (χ0n) is 19.5. The average Bonchev–Trinajstić information content (AvgIpc) is 2.81. The largest absolute Gasteiger partial charge is 0.476 e. The molecule has 1 aromatic carbocycles. The van der Waals surface area contributed by atoms with Gasteiger partial charge in [-0.05, 0) is 37.0 Å². The maximum absolute atomic E-state index is 12.6. The summed E-state index contributed by atoms with van der Waals surface area (Å²) in [5, 5.41) is 11.1. The Morgan fingerprint density at radius 3 is 2.39 bits per heavy atom. The van der Waals surface area contributed by atoms with Gasteiger partial charge in [-0.1, -0.05) is 12.1 Å². The number of esters is 1. The van der Waals surface area contributed by atoms with E-state index in [0.717, 1.165) is 13.2 Å². The Morgan fingerprint density at radius 1 is 1.17 bits per heavy atom. The number of H-pyrrole nitrogens is 1. The molecule has 13 nitrogen and oxygen atoms in total. The number of nitrogens with zero attached hydrogens (tertiary/aromatic N) is 1. The highest BCUT2D eigenvalue weighted by Gasteiger charge is 2.21. The number of ketones is 1. The fourth-order valence-electron chi connectivity index (χ4n) is 3.43. The number of Topliss-reactive ketones (excluding diaryl/α,β-unsaturated/α-hetero) is 1. The minimum atomic E-state index is -1.62. The number of nitrogens with two attached hydrogens (primary N) is 2. The first-order valence-electron chi connectivity index (χ1n) is 10.9. The van der Waals surface area contributed by atoms with Gasteiger partial charge in [-0.3, -0.25) is 24.2 Å². The smallest absolute Gasteiger partial charge is 0.372 e. The summed E-state index contributed by atoms with van der Waals surface area (Å²) in [6, 6.07) is 6.13. The first-order valence-corrected chi connectivity index (χ1v) is 10.9. The van der Waals surface area contributed by atoms with Gasteiger partial charge in [0.25, 0.3) is 11.5 Å². The number of benzene rings is 1. The number of hydrogen-bond acceptors (Lipinski definition) is 10. The van der Waals surface area contributed by atoms with Crippen molar-refractivity contribution in [3.63, 3.8) is 0 Å². The van der Waals surface area contributed by atoms with E-state index in [9.17, 15) is 28.8 Å². The van der Waals surface area contributed by atoms with Gasteiger partial charge < -0.3 is 31.4 Å². The maximum Gasteiger partial charge on any atom is 0.372 e. The Balaban J connectivity index is 2.00. The lowest BCUT2D eigenvalue weighted by Crippen LogP contribution is -2.38. The number of carbonyl (C=O) groups is 5. The van der Waals surface area contributed by atoms with Crippen LogP contribution in [0.3, 0.4) is 0 Å².